The molecule has 0 saturated heterocycles. The molecule has 0 bridgehead atoms. The molecule has 0 heterocycles. The van der Waals surface area contributed by atoms with Crippen molar-refractivity contribution in [3.8, 4) is 0 Å². The van der Waals surface area contributed by atoms with Crippen LogP contribution in [0.25, 0.3) is 0 Å². The zero-order valence-corrected chi connectivity index (χ0v) is 12.4. The minimum atomic E-state index is -3.33. The zero-order valence-electron chi connectivity index (χ0n) is 10.8. The molecule has 0 fully saturated rings. The van der Waals surface area contributed by atoms with Crippen LogP contribution < -0.4 is 0 Å². The predicted octanol–water partition coefficient (Wildman–Crippen LogP) is 2.71. The van der Waals surface area contributed by atoms with Crippen LogP contribution in [0.15, 0.2) is 30.3 Å². The summed E-state index contributed by atoms with van der Waals surface area (Å²) in [6.07, 6.45) is 0.712. The van der Waals surface area contributed by atoms with E-state index in [0.717, 1.165) is 5.56 Å². The Bertz CT molecular complexity index is 445. The molecule has 5 heteroatoms. The molecular weight excluding hydrogens is 270 g/mol. The smallest absolute Gasteiger partial charge is 0.211 e. The Kier molecular flexibility index (Phi) is 6.12. The molecule has 0 aliphatic carbocycles. The van der Waals surface area contributed by atoms with Gasteiger partial charge < -0.3 is 0 Å². The van der Waals surface area contributed by atoms with Crippen LogP contribution in [0.4, 0.5) is 0 Å². The van der Waals surface area contributed by atoms with Crippen molar-refractivity contribution >= 4 is 21.6 Å². The molecule has 0 saturated carbocycles. The van der Waals surface area contributed by atoms with E-state index in [2.05, 4.69) is 0 Å². The summed E-state index contributed by atoms with van der Waals surface area (Å²) in [5, 5.41) is -0.353. The maximum Gasteiger partial charge on any atom is 0.228 e. The van der Waals surface area contributed by atoms with Crippen molar-refractivity contribution in [2.24, 2.45) is 5.92 Å². The monoisotopic (exact) mass is 289 g/mol. The molecule has 3 nitrogen and oxygen atoms in total. The average molecular weight is 290 g/mol. The Morgan fingerprint density at radius 2 is 1.83 bits per heavy atom. The quantitative estimate of drug-likeness (QED) is 0.724. The van der Waals surface area contributed by atoms with Crippen molar-refractivity contribution < 1.29 is 8.42 Å². The van der Waals surface area contributed by atoms with Crippen molar-refractivity contribution in [2.75, 3.05) is 18.3 Å². The minimum absolute atomic E-state index is 0.291. The molecule has 1 rings (SSSR count). The predicted molar refractivity (Wildman–Crippen MR) is 76.2 cm³/mol. The fourth-order valence-electron chi connectivity index (χ4n) is 1.72. The van der Waals surface area contributed by atoms with Crippen LogP contribution in [0.5, 0.6) is 0 Å². The molecule has 0 atom stereocenters. The molecule has 0 aromatic heterocycles. The van der Waals surface area contributed by atoms with Gasteiger partial charge in [0.1, 0.15) is 5.21 Å². The second-order valence-electron chi connectivity index (χ2n) is 4.71. The molecule has 102 valence electrons. The van der Waals surface area contributed by atoms with Gasteiger partial charge in [-0.2, -0.15) is 0 Å². The lowest BCUT2D eigenvalue weighted by molar-refractivity contribution is 0.372. The van der Waals surface area contributed by atoms with E-state index in [1.807, 2.05) is 44.2 Å². The first-order chi connectivity index (χ1) is 8.45. The van der Waals surface area contributed by atoms with E-state index in [0.29, 0.717) is 25.4 Å². The highest BCUT2D eigenvalue weighted by Gasteiger charge is 2.21. The molecule has 0 radical (unpaired) electrons. The summed E-state index contributed by atoms with van der Waals surface area (Å²) >= 11 is 5.52. The third-order valence-corrected chi connectivity index (χ3v) is 4.81. The van der Waals surface area contributed by atoms with Gasteiger partial charge in [-0.25, -0.2) is 12.7 Å². The fraction of sp³-hybridized carbons (Fsp3) is 0.538. The van der Waals surface area contributed by atoms with E-state index in [9.17, 15) is 8.42 Å². The lowest BCUT2D eigenvalue weighted by Gasteiger charge is -2.22. The van der Waals surface area contributed by atoms with Gasteiger partial charge in [0.05, 0.1) is 0 Å². The molecular formula is C13H20ClNO2S. The first-order valence-corrected chi connectivity index (χ1v) is 8.18. The number of benzene rings is 1. The number of halogens is 1. The fourth-order valence-corrected chi connectivity index (χ4v) is 3.17. The van der Waals surface area contributed by atoms with Crippen LogP contribution in [0, 0.1) is 5.92 Å². The molecule has 0 amide bonds. The van der Waals surface area contributed by atoms with Crippen molar-refractivity contribution in [3.05, 3.63) is 35.9 Å². The average Bonchev–Trinajstić information content (AvgIpc) is 2.35. The standard InChI is InChI=1S/C13H20ClNO2S/c1-12(2)10-15(18(16,17)11-14)9-8-13-6-4-3-5-7-13/h3-7,12H,8-11H2,1-2H3. The normalized spacial score (nSPS) is 12.3. The first kappa shape index (κ1) is 15.5. The summed E-state index contributed by atoms with van der Waals surface area (Å²) in [6, 6.07) is 9.86. The van der Waals surface area contributed by atoms with Gasteiger partial charge in [0.25, 0.3) is 0 Å². The molecule has 1 aromatic rings. The van der Waals surface area contributed by atoms with E-state index in [1.54, 1.807) is 0 Å². The van der Waals surface area contributed by atoms with E-state index in [1.165, 1.54) is 4.31 Å². The Labute approximate surface area is 115 Å². The van der Waals surface area contributed by atoms with Crippen LogP contribution in [-0.4, -0.2) is 31.0 Å². The maximum atomic E-state index is 11.9. The summed E-state index contributed by atoms with van der Waals surface area (Å²) in [7, 11) is -3.33. The topological polar surface area (TPSA) is 37.4 Å². The Morgan fingerprint density at radius 1 is 1.22 bits per heavy atom. The van der Waals surface area contributed by atoms with Crippen LogP contribution >= 0.6 is 11.6 Å². The van der Waals surface area contributed by atoms with Gasteiger partial charge in [-0.1, -0.05) is 44.2 Å². The highest BCUT2D eigenvalue weighted by atomic mass is 35.5. The Hall–Kier alpha value is -0.580. The molecule has 0 aliphatic rings. The third kappa shape index (κ3) is 4.96. The number of hydrogen-bond donors (Lipinski definition) is 0. The Morgan fingerprint density at radius 3 is 2.33 bits per heavy atom. The van der Waals surface area contributed by atoms with E-state index in [4.69, 9.17) is 11.6 Å². The van der Waals surface area contributed by atoms with Crippen LogP contribution in [0.2, 0.25) is 0 Å². The molecule has 0 spiro atoms. The molecule has 1 aromatic carbocycles. The molecule has 0 N–H and O–H groups in total. The van der Waals surface area contributed by atoms with Gasteiger partial charge in [0.2, 0.25) is 10.0 Å². The Balaban J connectivity index is 2.68. The lowest BCUT2D eigenvalue weighted by Crippen LogP contribution is -2.36. The first-order valence-electron chi connectivity index (χ1n) is 6.03. The second kappa shape index (κ2) is 7.12. The van der Waals surface area contributed by atoms with E-state index >= 15 is 0 Å². The summed E-state index contributed by atoms with van der Waals surface area (Å²) in [6.45, 7) is 5.00. The largest absolute Gasteiger partial charge is 0.228 e. The van der Waals surface area contributed by atoms with Crippen molar-refractivity contribution in [2.45, 2.75) is 20.3 Å². The van der Waals surface area contributed by atoms with Gasteiger partial charge in [-0.3, -0.25) is 0 Å². The second-order valence-corrected chi connectivity index (χ2v) is 7.26. The highest BCUT2D eigenvalue weighted by Crippen LogP contribution is 2.10. The third-order valence-electron chi connectivity index (χ3n) is 2.59. The van der Waals surface area contributed by atoms with Crippen LogP contribution in [0.3, 0.4) is 0 Å². The van der Waals surface area contributed by atoms with Crippen LogP contribution in [0.1, 0.15) is 19.4 Å². The van der Waals surface area contributed by atoms with Crippen molar-refractivity contribution in [1.29, 1.82) is 0 Å². The summed E-state index contributed by atoms with van der Waals surface area (Å²) in [5.74, 6) is 0.291. The minimum Gasteiger partial charge on any atom is -0.211 e. The highest BCUT2D eigenvalue weighted by molar-refractivity contribution is 7.90. The summed E-state index contributed by atoms with van der Waals surface area (Å²) < 4.78 is 25.2. The lowest BCUT2D eigenvalue weighted by atomic mass is 10.1. The molecule has 0 aliphatic heterocycles. The number of sulfonamides is 1. The van der Waals surface area contributed by atoms with Gasteiger partial charge in [-0.15, -0.1) is 11.6 Å². The SMILES string of the molecule is CC(C)CN(CCc1ccccc1)S(=O)(=O)CCl. The van der Waals surface area contributed by atoms with Crippen molar-refractivity contribution in [1.82, 2.24) is 4.31 Å². The van der Waals surface area contributed by atoms with E-state index in [-0.39, 0.29) is 5.21 Å². The van der Waals surface area contributed by atoms with Gasteiger partial charge in [0.15, 0.2) is 0 Å². The van der Waals surface area contributed by atoms with Gasteiger partial charge in [-0.05, 0) is 17.9 Å². The molecule has 18 heavy (non-hydrogen) atoms. The maximum absolute atomic E-state index is 11.9. The van der Waals surface area contributed by atoms with E-state index < -0.39 is 10.0 Å². The van der Waals surface area contributed by atoms with Crippen LogP contribution in [-0.2, 0) is 16.4 Å². The summed E-state index contributed by atoms with van der Waals surface area (Å²) in [4.78, 5) is 0. The molecule has 0 unspecified atom stereocenters. The summed E-state index contributed by atoms with van der Waals surface area (Å²) in [5.41, 5.74) is 1.14. The number of alkyl halides is 1. The van der Waals surface area contributed by atoms with Gasteiger partial charge in [0, 0.05) is 13.1 Å². The van der Waals surface area contributed by atoms with Gasteiger partial charge >= 0.3 is 0 Å². The number of hydrogen-bond acceptors (Lipinski definition) is 2. The number of rotatable bonds is 7. The van der Waals surface area contributed by atoms with Crippen molar-refractivity contribution in [3.63, 3.8) is 0 Å². The zero-order chi connectivity index (χ0) is 13.6. The number of nitrogens with zero attached hydrogens (tertiary/aromatic N) is 1.